The highest BCUT2D eigenvalue weighted by Crippen LogP contribution is 2.47. The predicted molar refractivity (Wildman–Crippen MR) is 101 cm³/mol. The molecule has 0 atom stereocenters. The first-order valence-electron chi connectivity index (χ1n) is 8.82. The van der Waals surface area contributed by atoms with E-state index in [9.17, 15) is 4.79 Å². The van der Waals surface area contributed by atoms with E-state index in [0.29, 0.717) is 13.2 Å². The Morgan fingerprint density at radius 2 is 1.69 bits per heavy atom. The van der Waals surface area contributed by atoms with Gasteiger partial charge < -0.3 is 25.0 Å². The minimum Gasteiger partial charge on any atom is -0.486 e. The molecule has 2 N–H and O–H groups in total. The predicted octanol–water partition coefficient (Wildman–Crippen LogP) is 3.33. The number of ether oxygens (including phenoxy) is 2. The number of nitrogens with zero attached hydrogens (tertiary/aromatic N) is 1. The summed E-state index contributed by atoms with van der Waals surface area (Å²) in [6.07, 6.45) is 1.83. The average Bonchev–Trinajstić information content (AvgIpc) is 3.42. The Bertz CT molecular complexity index is 814. The van der Waals surface area contributed by atoms with Crippen molar-refractivity contribution in [3.8, 4) is 11.5 Å². The van der Waals surface area contributed by atoms with E-state index in [2.05, 4.69) is 10.6 Å². The zero-order valence-corrected chi connectivity index (χ0v) is 15.0. The lowest BCUT2D eigenvalue weighted by Crippen LogP contribution is -2.38. The van der Waals surface area contributed by atoms with E-state index in [1.807, 2.05) is 61.5 Å². The topological polar surface area (TPSA) is 62.8 Å². The Hall–Kier alpha value is -2.89. The van der Waals surface area contributed by atoms with E-state index in [1.54, 1.807) is 0 Å². The van der Waals surface area contributed by atoms with Gasteiger partial charge in [0, 0.05) is 25.5 Å². The molecule has 2 amide bonds. The standard InChI is InChI=1S/C20H23N3O3/c1-23(2)16-6-4-15(5-7-16)21-19(24)22-20(9-10-20)14-3-8-17-18(13-14)26-12-11-25-17/h3-8,13H,9-12H2,1-2H3,(H2,21,22,24). The van der Waals surface area contributed by atoms with Gasteiger partial charge in [-0.15, -0.1) is 0 Å². The number of benzene rings is 2. The maximum atomic E-state index is 12.5. The Kier molecular flexibility index (Phi) is 4.11. The van der Waals surface area contributed by atoms with Gasteiger partial charge in [0.05, 0.1) is 5.54 Å². The van der Waals surface area contributed by atoms with Crippen LogP contribution in [-0.4, -0.2) is 33.3 Å². The van der Waals surface area contributed by atoms with Crippen LogP contribution in [0.3, 0.4) is 0 Å². The van der Waals surface area contributed by atoms with Gasteiger partial charge in [-0.2, -0.15) is 0 Å². The molecule has 0 spiro atoms. The van der Waals surface area contributed by atoms with E-state index in [1.165, 1.54) is 0 Å². The highest BCUT2D eigenvalue weighted by Gasteiger charge is 2.46. The van der Waals surface area contributed by atoms with E-state index < -0.39 is 0 Å². The average molecular weight is 353 g/mol. The third kappa shape index (κ3) is 3.27. The number of hydrogen-bond donors (Lipinski definition) is 2. The Morgan fingerprint density at radius 3 is 2.35 bits per heavy atom. The van der Waals surface area contributed by atoms with Crippen molar-refractivity contribution in [3.05, 3.63) is 48.0 Å². The highest BCUT2D eigenvalue weighted by molar-refractivity contribution is 5.90. The number of anilines is 2. The van der Waals surface area contributed by atoms with Crippen LogP contribution in [-0.2, 0) is 5.54 Å². The molecule has 2 aromatic carbocycles. The number of rotatable bonds is 4. The molecule has 6 nitrogen and oxygen atoms in total. The number of carbonyl (C=O) groups is 1. The van der Waals surface area contributed by atoms with Crippen LogP contribution in [0.25, 0.3) is 0 Å². The van der Waals surface area contributed by atoms with Gasteiger partial charge in [0.2, 0.25) is 0 Å². The van der Waals surface area contributed by atoms with Crippen molar-refractivity contribution < 1.29 is 14.3 Å². The normalized spacial score (nSPS) is 16.5. The van der Waals surface area contributed by atoms with Crippen LogP contribution in [0.4, 0.5) is 16.2 Å². The fourth-order valence-electron chi connectivity index (χ4n) is 3.17. The van der Waals surface area contributed by atoms with Crippen LogP contribution < -0.4 is 25.0 Å². The first-order valence-corrected chi connectivity index (χ1v) is 8.82. The fraction of sp³-hybridized carbons (Fsp3) is 0.350. The lowest BCUT2D eigenvalue weighted by atomic mass is 10.0. The summed E-state index contributed by atoms with van der Waals surface area (Å²) in [6, 6.07) is 13.5. The van der Waals surface area contributed by atoms with Gasteiger partial charge in [0.1, 0.15) is 13.2 Å². The van der Waals surface area contributed by atoms with Crippen molar-refractivity contribution in [2.75, 3.05) is 37.5 Å². The molecular weight excluding hydrogens is 330 g/mol. The summed E-state index contributed by atoms with van der Waals surface area (Å²) in [5.74, 6) is 1.52. The first-order chi connectivity index (χ1) is 12.6. The molecular formula is C20H23N3O3. The summed E-state index contributed by atoms with van der Waals surface area (Å²) >= 11 is 0. The lowest BCUT2D eigenvalue weighted by Gasteiger charge is -2.23. The zero-order chi connectivity index (χ0) is 18.1. The summed E-state index contributed by atoms with van der Waals surface area (Å²) in [4.78, 5) is 14.5. The summed E-state index contributed by atoms with van der Waals surface area (Å²) in [5.41, 5.74) is 2.60. The van der Waals surface area contributed by atoms with Crippen molar-refractivity contribution in [1.82, 2.24) is 5.32 Å². The van der Waals surface area contributed by atoms with Gasteiger partial charge in [0.15, 0.2) is 11.5 Å². The number of carbonyl (C=O) groups excluding carboxylic acids is 1. The number of nitrogens with one attached hydrogen (secondary N) is 2. The van der Waals surface area contributed by atoms with E-state index >= 15 is 0 Å². The largest absolute Gasteiger partial charge is 0.486 e. The molecule has 0 aromatic heterocycles. The summed E-state index contributed by atoms with van der Waals surface area (Å²) in [6.45, 7) is 1.13. The Morgan fingerprint density at radius 1 is 1.00 bits per heavy atom. The summed E-state index contributed by atoms with van der Waals surface area (Å²) in [5, 5.41) is 6.03. The van der Waals surface area contributed by atoms with Gasteiger partial charge in [-0.25, -0.2) is 4.79 Å². The second-order valence-corrected chi connectivity index (χ2v) is 6.96. The third-order valence-electron chi connectivity index (χ3n) is 4.84. The lowest BCUT2D eigenvalue weighted by molar-refractivity contribution is 0.171. The Balaban J connectivity index is 1.44. The summed E-state index contributed by atoms with van der Waals surface area (Å²) < 4.78 is 11.2. The molecule has 0 bridgehead atoms. The number of urea groups is 1. The molecule has 2 aromatic rings. The van der Waals surface area contributed by atoms with Crippen LogP contribution in [0, 0.1) is 0 Å². The van der Waals surface area contributed by atoms with Crippen molar-refractivity contribution in [2.45, 2.75) is 18.4 Å². The van der Waals surface area contributed by atoms with Gasteiger partial charge in [-0.3, -0.25) is 0 Å². The van der Waals surface area contributed by atoms with E-state index in [4.69, 9.17) is 9.47 Å². The van der Waals surface area contributed by atoms with Gasteiger partial charge >= 0.3 is 6.03 Å². The molecule has 2 aliphatic rings. The maximum absolute atomic E-state index is 12.5. The third-order valence-corrected chi connectivity index (χ3v) is 4.84. The highest BCUT2D eigenvalue weighted by atomic mass is 16.6. The van der Waals surface area contributed by atoms with Crippen LogP contribution in [0.5, 0.6) is 11.5 Å². The first kappa shape index (κ1) is 16.6. The maximum Gasteiger partial charge on any atom is 0.319 e. The SMILES string of the molecule is CN(C)c1ccc(NC(=O)NC2(c3ccc4c(c3)OCCO4)CC2)cc1. The van der Waals surface area contributed by atoms with Crippen LogP contribution in [0.15, 0.2) is 42.5 Å². The van der Waals surface area contributed by atoms with Crippen LogP contribution in [0.2, 0.25) is 0 Å². The van der Waals surface area contributed by atoms with Crippen molar-refractivity contribution in [3.63, 3.8) is 0 Å². The molecule has 1 saturated carbocycles. The fourth-order valence-corrected chi connectivity index (χ4v) is 3.17. The molecule has 26 heavy (non-hydrogen) atoms. The molecule has 1 aliphatic carbocycles. The van der Waals surface area contributed by atoms with E-state index in [-0.39, 0.29) is 11.6 Å². The van der Waals surface area contributed by atoms with Crippen LogP contribution >= 0.6 is 0 Å². The van der Waals surface area contributed by atoms with Crippen LogP contribution in [0.1, 0.15) is 18.4 Å². The molecule has 136 valence electrons. The molecule has 0 unspecified atom stereocenters. The van der Waals surface area contributed by atoms with Gasteiger partial charge in [0.25, 0.3) is 0 Å². The minimum atomic E-state index is -0.316. The Labute approximate surface area is 153 Å². The minimum absolute atomic E-state index is 0.199. The van der Waals surface area contributed by atoms with Crippen molar-refractivity contribution in [2.24, 2.45) is 0 Å². The van der Waals surface area contributed by atoms with E-state index in [0.717, 1.165) is 41.3 Å². The molecule has 0 radical (unpaired) electrons. The number of hydrogen-bond acceptors (Lipinski definition) is 4. The number of fused-ring (bicyclic) bond motifs is 1. The summed E-state index contributed by atoms with van der Waals surface area (Å²) in [7, 11) is 3.97. The zero-order valence-electron chi connectivity index (χ0n) is 15.0. The molecule has 1 aliphatic heterocycles. The van der Waals surface area contributed by atoms with Crippen molar-refractivity contribution in [1.29, 1.82) is 0 Å². The molecule has 6 heteroatoms. The second kappa shape index (κ2) is 6.44. The van der Waals surface area contributed by atoms with Crippen molar-refractivity contribution >= 4 is 17.4 Å². The molecule has 0 saturated heterocycles. The molecule has 4 rings (SSSR count). The quantitative estimate of drug-likeness (QED) is 0.885. The monoisotopic (exact) mass is 353 g/mol. The van der Waals surface area contributed by atoms with Gasteiger partial charge in [-0.1, -0.05) is 6.07 Å². The molecule has 1 fully saturated rings. The molecule has 1 heterocycles. The smallest absolute Gasteiger partial charge is 0.319 e. The number of amides is 2. The second-order valence-electron chi connectivity index (χ2n) is 6.96. The van der Waals surface area contributed by atoms with Gasteiger partial charge in [-0.05, 0) is 54.8 Å².